The molecule has 0 aliphatic rings. The van der Waals surface area contributed by atoms with Gasteiger partial charge in [0.2, 0.25) is 5.95 Å². The minimum atomic E-state index is 0.289. The van der Waals surface area contributed by atoms with Crippen molar-refractivity contribution < 1.29 is 0 Å². The maximum Gasteiger partial charge on any atom is 0.222 e. The molecule has 4 aromatic rings. The Hall–Kier alpha value is -3.47. The minimum Gasteiger partial charge on any atom is -0.368 e. The first-order valence-corrected chi connectivity index (χ1v) is 9.28. The number of benzene rings is 2. The van der Waals surface area contributed by atoms with Gasteiger partial charge in [-0.1, -0.05) is 48.5 Å². The van der Waals surface area contributed by atoms with Gasteiger partial charge in [-0.3, -0.25) is 0 Å². The molecule has 2 aromatic heterocycles. The molecule has 2 aromatic carbocycles. The normalized spacial score (nSPS) is 11.0. The van der Waals surface area contributed by atoms with Crippen LogP contribution in [0, 0.1) is 13.8 Å². The van der Waals surface area contributed by atoms with E-state index in [1.165, 1.54) is 5.56 Å². The number of para-hydroxylation sites is 1. The van der Waals surface area contributed by atoms with E-state index in [1.807, 2.05) is 38.2 Å². The van der Waals surface area contributed by atoms with Gasteiger partial charge in [-0.2, -0.15) is 4.98 Å². The first-order valence-electron chi connectivity index (χ1n) is 9.28. The summed E-state index contributed by atoms with van der Waals surface area (Å²) in [6.07, 6.45) is 0. The van der Waals surface area contributed by atoms with Gasteiger partial charge in [-0.15, -0.1) is 0 Å². The van der Waals surface area contributed by atoms with Gasteiger partial charge in [-0.25, -0.2) is 9.97 Å². The van der Waals surface area contributed by atoms with Crippen molar-refractivity contribution in [1.29, 1.82) is 0 Å². The minimum absolute atomic E-state index is 0.289. The van der Waals surface area contributed by atoms with Crippen LogP contribution in [0.4, 0.5) is 11.8 Å². The lowest BCUT2D eigenvalue weighted by Gasteiger charge is -2.21. The molecular weight excluding hydrogens is 346 g/mol. The van der Waals surface area contributed by atoms with Crippen molar-refractivity contribution in [2.45, 2.75) is 20.4 Å². The lowest BCUT2D eigenvalue weighted by atomic mass is 10.0. The van der Waals surface area contributed by atoms with E-state index in [1.54, 1.807) is 0 Å². The van der Waals surface area contributed by atoms with Crippen LogP contribution in [-0.4, -0.2) is 22.0 Å². The molecule has 28 heavy (non-hydrogen) atoms. The standard InChI is InChI=1S/C23H23N5/c1-15-8-7-11-18-13-19(14-28(3)20-12-16(2)25-23(24)26-20)22(27-21(15)18)17-9-5-4-6-10-17/h4-13H,14H2,1-3H3,(H2,24,25,26). The second kappa shape index (κ2) is 7.27. The number of nitrogen functional groups attached to an aromatic ring is 1. The van der Waals surface area contributed by atoms with Gasteiger partial charge in [0.15, 0.2) is 0 Å². The first kappa shape index (κ1) is 17.9. The summed E-state index contributed by atoms with van der Waals surface area (Å²) in [6.45, 7) is 4.69. The molecule has 2 N–H and O–H groups in total. The van der Waals surface area contributed by atoms with E-state index in [4.69, 9.17) is 10.7 Å². The van der Waals surface area contributed by atoms with E-state index in [-0.39, 0.29) is 5.95 Å². The van der Waals surface area contributed by atoms with E-state index >= 15 is 0 Å². The Morgan fingerprint density at radius 3 is 2.43 bits per heavy atom. The average Bonchev–Trinajstić information content (AvgIpc) is 2.68. The largest absolute Gasteiger partial charge is 0.368 e. The number of aromatic nitrogens is 3. The van der Waals surface area contributed by atoms with E-state index in [2.05, 4.69) is 58.2 Å². The number of fused-ring (bicyclic) bond motifs is 1. The van der Waals surface area contributed by atoms with Gasteiger partial charge in [0, 0.05) is 36.3 Å². The molecule has 0 spiro atoms. The zero-order chi connectivity index (χ0) is 19.7. The molecule has 0 unspecified atom stereocenters. The van der Waals surface area contributed by atoms with Gasteiger partial charge in [0.05, 0.1) is 11.2 Å². The maximum absolute atomic E-state index is 5.84. The third-order valence-corrected chi connectivity index (χ3v) is 4.83. The van der Waals surface area contributed by atoms with Crippen LogP contribution in [0.15, 0.2) is 60.7 Å². The molecule has 0 atom stereocenters. The highest BCUT2D eigenvalue weighted by atomic mass is 15.2. The number of hydrogen-bond acceptors (Lipinski definition) is 5. The molecular formula is C23H23N5. The van der Waals surface area contributed by atoms with Crippen molar-refractivity contribution in [2.75, 3.05) is 17.7 Å². The fourth-order valence-electron chi connectivity index (χ4n) is 3.46. The van der Waals surface area contributed by atoms with Crippen LogP contribution in [-0.2, 0) is 6.54 Å². The quantitative estimate of drug-likeness (QED) is 0.572. The molecule has 0 fully saturated rings. The van der Waals surface area contributed by atoms with Crippen LogP contribution in [0.3, 0.4) is 0 Å². The maximum atomic E-state index is 5.84. The van der Waals surface area contributed by atoms with E-state index < -0.39 is 0 Å². The zero-order valence-electron chi connectivity index (χ0n) is 16.3. The Bertz CT molecular complexity index is 1120. The van der Waals surface area contributed by atoms with Gasteiger partial charge in [0.25, 0.3) is 0 Å². The van der Waals surface area contributed by atoms with Gasteiger partial charge >= 0.3 is 0 Å². The summed E-state index contributed by atoms with van der Waals surface area (Å²) in [4.78, 5) is 15.7. The van der Waals surface area contributed by atoms with E-state index in [0.29, 0.717) is 6.54 Å². The molecule has 0 aliphatic carbocycles. The van der Waals surface area contributed by atoms with Crippen LogP contribution < -0.4 is 10.6 Å². The van der Waals surface area contributed by atoms with Gasteiger partial charge in [0.1, 0.15) is 5.82 Å². The van der Waals surface area contributed by atoms with Crippen molar-refractivity contribution in [3.05, 3.63) is 77.5 Å². The monoisotopic (exact) mass is 369 g/mol. The summed E-state index contributed by atoms with van der Waals surface area (Å²) in [5.74, 6) is 1.09. The second-order valence-electron chi connectivity index (χ2n) is 7.09. The van der Waals surface area contributed by atoms with Crippen molar-refractivity contribution in [2.24, 2.45) is 0 Å². The van der Waals surface area contributed by atoms with Crippen molar-refractivity contribution in [3.63, 3.8) is 0 Å². The first-order chi connectivity index (χ1) is 13.5. The topological polar surface area (TPSA) is 67.9 Å². The zero-order valence-corrected chi connectivity index (χ0v) is 16.3. The summed E-state index contributed by atoms with van der Waals surface area (Å²) in [5, 5.41) is 1.14. The Balaban J connectivity index is 1.82. The number of pyridine rings is 1. The highest BCUT2D eigenvalue weighted by Gasteiger charge is 2.14. The molecule has 0 aliphatic heterocycles. The summed E-state index contributed by atoms with van der Waals surface area (Å²) < 4.78 is 0. The lowest BCUT2D eigenvalue weighted by molar-refractivity contribution is 0.888. The molecule has 2 heterocycles. The number of rotatable bonds is 4. The molecule has 0 saturated carbocycles. The fraction of sp³-hybridized carbons (Fsp3) is 0.174. The van der Waals surface area contributed by atoms with Crippen molar-refractivity contribution in [3.8, 4) is 11.3 Å². The SMILES string of the molecule is Cc1cc(N(C)Cc2cc3cccc(C)c3nc2-c2ccccc2)nc(N)n1. The van der Waals surface area contributed by atoms with Crippen LogP contribution in [0.1, 0.15) is 16.8 Å². The molecule has 0 saturated heterocycles. The van der Waals surface area contributed by atoms with Crippen LogP contribution in [0.25, 0.3) is 22.2 Å². The molecule has 140 valence electrons. The van der Waals surface area contributed by atoms with Crippen LogP contribution in [0.5, 0.6) is 0 Å². The Kier molecular flexibility index (Phi) is 4.65. The molecule has 5 heteroatoms. The van der Waals surface area contributed by atoms with Crippen molar-refractivity contribution >= 4 is 22.7 Å². The van der Waals surface area contributed by atoms with Crippen LogP contribution in [0.2, 0.25) is 0 Å². The highest BCUT2D eigenvalue weighted by Crippen LogP contribution is 2.29. The summed E-state index contributed by atoms with van der Waals surface area (Å²) in [5.41, 5.74) is 12.1. The molecule has 5 nitrogen and oxygen atoms in total. The number of anilines is 2. The Morgan fingerprint density at radius 1 is 0.893 bits per heavy atom. The lowest BCUT2D eigenvalue weighted by Crippen LogP contribution is -2.19. The third kappa shape index (κ3) is 3.51. The predicted molar refractivity (Wildman–Crippen MR) is 115 cm³/mol. The molecule has 4 rings (SSSR count). The Morgan fingerprint density at radius 2 is 1.68 bits per heavy atom. The van der Waals surface area contributed by atoms with Crippen molar-refractivity contribution in [1.82, 2.24) is 15.0 Å². The second-order valence-corrected chi connectivity index (χ2v) is 7.09. The number of aryl methyl sites for hydroxylation is 2. The molecule has 0 radical (unpaired) electrons. The summed E-state index contributed by atoms with van der Waals surface area (Å²) in [7, 11) is 2.01. The molecule has 0 bridgehead atoms. The van der Waals surface area contributed by atoms with Gasteiger partial charge in [-0.05, 0) is 31.0 Å². The number of nitrogens with two attached hydrogens (primary N) is 1. The summed E-state index contributed by atoms with van der Waals surface area (Å²) >= 11 is 0. The Labute approximate surface area is 164 Å². The van der Waals surface area contributed by atoms with E-state index in [9.17, 15) is 0 Å². The third-order valence-electron chi connectivity index (χ3n) is 4.83. The summed E-state index contributed by atoms with van der Waals surface area (Å²) in [6, 6.07) is 20.8. The highest BCUT2D eigenvalue weighted by molar-refractivity contribution is 5.86. The fourth-order valence-corrected chi connectivity index (χ4v) is 3.46. The number of hydrogen-bond donors (Lipinski definition) is 1. The predicted octanol–water partition coefficient (Wildman–Crippen LogP) is 4.53. The number of nitrogens with zero attached hydrogens (tertiary/aromatic N) is 4. The molecule has 0 amide bonds. The van der Waals surface area contributed by atoms with Crippen LogP contribution >= 0.6 is 0 Å². The average molecular weight is 369 g/mol. The van der Waals surface area contributed by atoms with Gasteiger partial charge < -0.3 is 10.6 Å². The van der Waals surface area contributed by atoms with E-state index in [0.717, 1.165) is 39.2 Å². The smallest absolute Gasteiger partial charge is 0.222 e.